The Labute approximate surface area is 174 Å². The Balaban J connectivity index is 2.17. The minimum absolute atomic E-state index is 0.0327. The minimum Gasteiger partial charge on any atom is -0.336 e. The van der Waals surface area contributed by atoms with Gasteiger partial charge in [0.25, 0.3) is 7.52 Å². The van der Waals surface area contributed by atoms with Crippen molar-refractivity contribution < 1.29 is 14.3 Å². The largest absolute Gasteiger partial charge is 0.336 e. The van der Waals surface area contributed by atoms with E-state index in [1.54, 1.807) is 35.0 Å². The van der Waals surface area contributed by atoms with Crippen LogP contribution in [0.2, 0.25) is 0 Å². The van der Waals surface area contributed by atoms with Crippen LogP contribution in [0.3, 0.4) is 0 Å². The third kappa shape index (κ3) is 5.79. The van der Waals surface area contributed by atoms with Crippen LogP contribution >= 0.6 is 7.52 Å². The highest BCUT2D eigenvalue weighted by molar-refractivity contribution is 7.63. The van der Waals surface area contributed by atoms with Crippen molar-refractivity contribution in [1.82, 2.24) is 9.57 Å². The number of carbonyl (C=O) groups is 1. The Kier molecular flexibility index (Phi) is 8.63. The molecule has 1 saturated heterocycles. The van der Waals surface area contributed by atoms with Gasteiger partial charge in [-0.25, -0.2) is 4.67 Å². The molecule has 0 saturated carbocycles. The third-order valence-electron chi connectivity index (χ3n) is 5.42. The molecule has 0 radical (unpaired) electrons. The van der Waals surface area contributed by atoms with Gasteiger partial charge in [0.05, 0.1) is 17.3 Å². The lowest BCUT2D eigenvalue weighted by molar-refractivity contribution is -0.138. The van der Waals surface area contributed by atoms with E-state index in [0.717, 1.165) is 24.8 Å². The van der Waals surface area contributed by atoms with Crippen LogP contribution in [0.5, 0.6) is 0 Å². The molecule has 29 heavy (non-hydrogen) atoms. The molecule has 158 valence electrons. The number of piperidine rings is 1. The molecule has 1 aromatic carbocycles. The van der Waals surface area contributed by atoms with Crippen molar-refractivity contribution in [3.05, 3.63) is 67.3 Å². The number of carbonyl (C=O) groups excluding carboxylic acids is 1. The summed E-state index contributed by atoms with van der Waals surface area (Å²) in [5, 5.41) is 0.412. The molecular weight excluding hydrogens is 383 g/mol. The molecule has 2 rings (SSSR count). The van der Waals surface area contributed by atoms with Crippen molar-refractivity contribution in [3.63, 3.8) is 0 Å². The van der Waals surface area contributed by atoms with Crippen LogP contribution in [0.15, 0.2) is 67.3 Å². The van der Waals surface area contributed by atoms with Gasteiger partial charge in [-0.15, -0.1) is 0 Å². The summed E-state index contributed by atoms with van der Waals surface area (Å²) >= 11 is 0. The molecule has 3 atom stereocenters. The van der Waals surface area contributed by atoms with Crippen molar-refractivity contribution in [2.24, 2.45) is 5.92 Å². The fraction of sp³-hybridized carbons (Fsp3) is 0.435. The van der Waals surface area contributed by atoms with E-state index in [0.29, 0.717) is 24.9 Å². The summed E-state index contributed by atoms with van der Waals surface area (Å²) in [6.45, 7) is 13.2. The molecular formula is C23H33N2O3P. The summed E-state index contributed by atoms with van der Waals surface area (Å²) in [5.74, 6) is -0.261. The van der Waals surface area contributed by atoms with Crippen LogP contribution in [-0.4, -0.2) is 46.0 Å². The number of rotatable bonds is 9. The molecule has 6 heteroatoms. The maximum Gasteiger partial charge on any atom is 0.299 e. The minimum atomic E-state index is -3.68. The molecule has 1 aromatic rings. The Morgan fingerprint density at radius 2 is 2.10 bits per heavy atom. The van der Waals surface area contributed by atoms with Gasteiger partial charge in [0, 0.05) is 19.6 Å². The lowest BCUT2D eigenvalue weighted by Gasteiger charge is -2.38. The first-order valence-electron chi connectivity index (χ1n) is 10.2. The van der Waals surface area contributed by atoms with Crippen LogP contribution < -0.4 is 5.30 Å². The zero-order valence-electron chi connectivity index (χ0n) is 17.5. The fourth-order valence-electron chi connectivity index (χ4n) is 3.69. The molecule has 1 N–H and O–H groups in total. The average Bonchev–Trinajstić information content (AvgIpc) is 2.75. The Morgan fingerprint density at radius 3 is 2.72 bits per heavy atom. The van der Waals surface area contributed by atoms with Gasteiger partial charge in [0.15, 0.2) is 0 Å². The number of amides is 1. The number of benzene rings is 1. The summed E-state index contributed by atoms with van der Waals surface area (Å²) < 4.78 is 14.7. The number of hydrogen-bond acceptors (Lipinski definition) is 2. The van der Waals surface area contributed by atoms with E-state index < -0.39 is 7.52 Å². The highest BCUT2D eigenvalue weighted by Gasteiger charge is 2.38. The second kappa shape index (κ2) is 10.7. The number of allylic oxidation sites excluding steroid dienone is 2. The summed E-state index contributed by atoms with van der Waals surface area (Å²) in [7, 11) is -3.68. The Hall–Kier alpha value is -1.94. The maximum atomic E-state index is 13.4. The van der Waals surface area contributed by atoms with Crippen LogP contribution in [0.4, 0.5) is 0 Å². The topological polar surface area (TPSA) is 60.9 Å². The predicted molar refractivity (Wildman–Crippen MR) is 120 cm³/mol. The van der Waals surface area contributed by atoms with Gasteiger partial charge < -0.3 is 9.79 Å². The number of nitrogens with zero attached hydrogens (tertiary/aromatic N) is 2. The molecule has 0 aromatic heterocycles. The zero-order chi connectivity index (χ0) is 21.4. The Bertz CT molecular complexity index is 791. The molecule has 0 aliphatic carbocycles. The third-order valence-corrected chi connectivity index (χ3v) is 7.52. The second-order valence-electron chi connectivity index (χ2n) is 7.51. The molecule has 1 heterocycles. The zero-order valence-corrected chi connectivity index (χ0v) is 18.4. The van der Waals surface area contributed by atoms with Gasteiger partial charge in [-0.2, -0.15) is 0 Å². The molecule has 5 nitrogen and oxygen atoms in total. The van der Waals surface area contributed by atoms with Gasteiger partial charge in [-0.3, -0.25) is 9.36 Å². The van der Waals surface area contributed by atoms with Gasteiger partial charge in [0.2, 0.25) is 5.91 Å². The van der Waals surface area contributed by atoms with Crippen LogP contribution in [0, 0.1) is 5.92 Å². The van der Waals surface area contributed by atoms with E-state index in [2.05, 4.69) is 13.2 Å². The van der Waals surface area contributed by atoms with E-state index in [9.17, 15) is 14.3 Å². The summed E-state index contributed by atoms with van der Waals surface area (Å²) in [4.78, 5) is 26.0. The molecule has 1 amide bonds. The van der Waals surface area contributed by atoms with Gasteiger partial charge in [-0.05, 0) is 43.9 Å². The first kappa shape index (κ1) is 23.3. The van der Waals surface area contributed by atoms with Crippen molar-refractivity contribution in [1.29, 1.82) is 0 Å². The fourth-order valence-corrected chi connectivity index (χ4v) is 5.41. The smallest absolute Gasteiger partial charge is 0.299 e. The van der Waals surface area contributed by atoms with E-state index in [1.165, 1.54) is 0 Å². The van der Waals surface area contributed by atoms with Crippen LogP contribution in [0.25, 0.3) is 0 Å². The molecule has 1 aliphatic heterocycles. The lowest BCUT2D eigenvalue weighted by atomic mass is 9.96. The SMILES string of the molecule is C=C/C=C\C(=C)C(C)N(CCC)C(=O)C1CCCN(P(=O)(O)c2ccccc2)C1. The maximum absolute atomic E-state index is 13.4. The monoisotopic (exact) mass is 416 g/mol. The Morgan fingerprint density at radius 1 is 1.41 bits per heavy atom. The molecule has 0 spiro atoms. The molecule has 3 unspecified atom stereocenters. The van der Waals surface area contributed by atoms with Crippen molar-refractivity contribution in [2.45, 2.75) is 39.2 Å². The van der Waals surface area contributed by atoms with Crippen molar-refractivity contribution in [3.8, 4) is 0 Å². The van der Waals surface area contributed by atoms with Crippen molar-refractivity contribution >= 4 is 18.7 Å². The van der Waals surface area contributed by atoms with E-state index in [4.69, 9.17) is 0 Å². The van der Waals surface area contributed by atoms with Gasteiger partial charge in [-0.1, -0.05) is 56.5 Å². The average molecular weight is 417 g/mol. The summed E-state index contributed by atoms with van der Waals surface area (Å²) in [5.41, 5.74) is 0.844. The van der Waals surface area contributed by atoms with E-state index in [-0.39, 0.29) is 17.9 Å². The van der Waals surface area contributed by atoms with E-state index >= 15 is 0 Å². The molecule has 1 aliphatic rings. The lowest BCUT2D eigenvalue weighted by Crippen LogP contribution is -2.48. The van der Waals surface area contributed by atoms with Crippen LogP contribution in [-0.2, 0) is 9.36 Å². The quantitative estimate of drug-likeness (QED) is 0.486. The first-order chi connectivity index (χ1) is 13.8. The predicted octanol–water partition coefficient (Wildman–Crippen LogP) is 4.13. The normalized spacial score (nSPS) is 20.7. The molecule has 1 fully saturated rings. The summed E-state index contributed by atoms with van der Waals surface area (Å²) in [6.07, 6.45) is 7.67. The van der Waals surface area contributed by atoms with E-state index in [1.807, 2.05) is 37.0 Å². The second-order valence-corrected chi connectivity index (χ2v) is 9.68. The van der Waals surface area contributed by atoms with Crippen molar-refractivity contribution in [2.75, 3.05) is 19.6 Å². The first-order valence-corrected chi connectivity index (χ1v) is 11.9. The highest BCUT2D eigenvalue weighted by atomic mass is 31.2. The number of hydrogen-bond donors (Lipinski definition) is 1. The van der Waals surface area contributed by atoms with Crippen LogP contribution in [0.1, 0.15) is 33.1 Å². The standard InChI is InChI=1S/C23H33N2O3P/c1-5-7-12-19(3)20(4)25(16-6-2)23(26)21-13-11-17-24(18-21)29(27,28)22-14-9-8-10-15-22/h5,7-10,12,14-15,20-21H,1,3,6,11,13,16-18H2,2,4H3,(H,27,28)/b12-7-. The highest BCUT2D eigenvalue weighted by Crippen LogP contribution is 2.46. The van der Waals surface area contributed by atoms with Gasteiger partial charge >= 0.3 is 0 Å². The summed E-state index contributed by atoms with van der Waals surface area (Å²) in [6, 6.07) is 8.56. The van der Waals surface area contributed by atoms with Gasteiger partial charge in [0.1, 0.15) is 0 Å². The molecule has 0 bridgehead atoms.